The van der Waals surface area contributed by atoms with Crippen LogP contribution in [0.15, 0.2) is 47.4 Å². The van der Waals surface area contributed by atoms with E-state index >= 15 is 0 Å². The Morgan fingerprint density at radius 3 is 2.32 bits per heavy atom. The van der Waals surface area contributed by atoms with E-state index in [9.17, 15) is 26.4 Å². The number of aryl methyl sites for hydroxylation is 1. The Labute approximate surface area is 160 Å². The Balaban J connectivity index is 1.77. The third kappa shape index (κ3) is 4.56. The van der Waals surface area contributed by atoms with Crippen LogP contribution in [0.5, 0.6) is 5.75 Å². The van der Waals surface area contributed by atoms with Crippen molar-refractivity contribution in [3.63, 3.8) is 0 Å². The molecule has 1 N–H and O–H groups in total. The number of nitrogens with one attached hydrogen (secondary N) is 1. The summed E-state index contributed by atoms with van der Waals surface area (Å²) in [6.07, 6.45) is -3.59. The first-order valence-corrected chi connectivity index (χ1v) is 9.83. The van der Waals surface area contributed by atoms with Gasteiger partial charge in [-0.3, -0.25) is 9.52 Å². The summed E-state index contributed by atoms with van der Waals surface area (Å²) in [6.45, 7) is 2.39. The van der Waals surface area contributed by atoms with Crippen LogP contribution < -0.4 is 14.4 Å². The van der Waals surface area contributed by atoms with E-state index in [1.807, 2.05) is 0 Å². The highest BCUT2D eigenvalue weighted by Crippen LogP contribution is 2.29. The molecule has 0 atom stereocenters. The van der Waals surface area contributed by atoms with E-state index < -0.39 is 22.1 Å². The minimum absolute atomic E-state index is 0.0256. The van der Waals surface area contributed by atoms with Gasteiger partial charge in [0.2, 0.25) is 5.91 Å². The highest BCUT2D eigenvalue weighted by molar-refractivity contribution is 7.92. The van der Waals surface area contributed by atoms with Crippen LogP contribution in [0.4, 0.5) is 24.5 Å². The quantitative estimate of drug-likeness (QED) is 0.807. The second-order valence-corrected chi connectivity index (χ2v) is 7.96. The van der Waals surface area contributed by atoms with E-state index in [1.54, 1.807) is 24.0 Å². The molecule has 28 heavy (non-hydrogen) atoms. The predicted molar refractivity (Wildman–Crippen MR) is 96.7 cm³/mol. The fourth-order valence-electron chi connectivity index (χ4n) is 2.96. The van der Waals surface area contributed by atoms with Crippen LogP contribution in [0.3, 0.4) is 0 Å². The van der Waals surface area contributed by atoms with Crippen molar-refractivity contribution in [1.29, 1.82) is 0 Å². The first-order valence-electron chi connectivity index (χ1n) is 8.35. The van der Waals surface area contributed by atoms with Gasteiger partial charge in [-0.15, -0.1) is 13.2 Å². The fraction of sp³-hybridized carbons (Fsp3) is 0.278. The molecule has 0 spiro atoms. The predicted octanol–water partition coefficient (Wildman–Crippen LogP) is 3.82. The minimum Gasteiger partial charge on any atom is -0.406 e. The molecule has 1 amide bonds. The number of amides is 1. The molecule has 6 nitrogen and oxygen atoms in total. The minimum atomic E-state index is -4.85. The number of hydrogen-bond donors (Lipinski definition) is 1. The number of alkyl halides is 3. The van der Waals surface area contributed by atoms with Crippen LogP contribution in [-0.4, -0.2) is 27.2 Å². The van der Waals surface area contributed by atoms with E-state index in [-0.39, 0.29) is 16.5 Å². The van der Waals surface area contributed by atoms with E-state index in [0.717, 1.165) is 41.9 Å². The first-order chi connectivity index (χ1) is 13.0. The number of carbonyl (C=O) groups is 1. The molecule has 0 radical (unpaired) electrons. The summed E-state index contributed by atoms with van der Waals surface area (Å²) < 4.78 is 67.6. The van der Waals surface area contributed by atoms with Crippen LogP contribution in [0, 0.1) is 6.92 Å². The van der Waals surface area contributed by atoms with Gasteiger partial charge in [-0.2, -0.15) is 0 Å². The smallest absolute Gasteiger partial charge is 0.406 e. The molecule has 0 aromatic heterocycles. The number of hydrogen-bond acceptors (Lipinski definition) is 4. The van der Waals surface area contributed by atoms with Gasteiger partial charge in [0.15, 0.2) is 0 Å². The lowest BCUT2D eigenvalue weighted by Gasteiger charge is -2.19. The van der Waals surface area contributed by atoms with Crippen molar-refractivity contribution in [2.75, 3.05) is 16.2 Å². The number of carbonyl (C=O) groups excluding carboxylic acids is 1. The molecule has 0 bridgehead atoms. The monoisotopic (exact) mass is 414 g/mol. The van der Waals surface area contributed by atoms with Gasteiger partial charge in [-0.05, 0) is 61.4 Å². The number of anilines is 2. The molecule has 2 aromatic rings. The van der Waals surface area contributed by atoms with Crippen molar-refractivity contribution in [2.45, 2.75) is 31.0 Å². The fourth-order valence-corrected chi connectivity index (χ4v) is 4.01. The summed E-state index contributed by atoms with van der Waals surface area (Å²) >= 11 is 0. The molecule has 0 saturated carbocycles. The van der Waals surface area contributed by atoms with Crippen molar-refractivity contribution in [3.8, 4) is 5.75 Å². The molecular formula is C18H17F3N2O4S. The number of halogens is 3. The topological polar surface area (TPSA) is 75.7 Å². The lowest BCUT2D eigenvalue weighted by molar-refractivity contribution is -0.274. The summed E-state index contributed by atoms with van der Waals surface area (Å²) in [6, 6.07) is 8.69. The zero-order chi connectivity index (χ0) is 20.5. The van der Waals surface area contributed by atoms with Gasteiger partial charge in [-0.25, -0.2) is 8.42 Å². The van der Waals surface area contributed by atoms with Crippen LogP contribution in [0.2, 0.25) is 0 Å². The van der Waals surface area contributed by atoms with Gasteiger partial charge < -0.3 is 9.64 Å². The Morgan fingerprint density at radius 2 is 1.79 bits per heavy atom. The molecule has 1 aliphatic rings. The maximum Gasteiger partial charge on any atom is 0.573 e. The number of ether oxygens (including phenoxy) is 1. The molecule has 0 aliphatic carbocycles. The lowest BCUT2D eigenvalue weighted by Crippen LogP contribution is -2.24. The van der Waals surface area contributed by atoms with E-state index in [2.05, 4.69) is 9.46 Å². The zero-order valence-corrected chi connectivity index (χ0v) is 15.6. The third-order valence-corrected chi connectivity index (χ3v) is 5.58. The zero-order valence-electron chi connectivity index (χ0n) is 14.8. The summed E-state index contributed by atoms with van der Waals surface area (Å²) in [5.41, 5.74) is 1.73. The van der Waals surface area contributed by atoms with Gasteiger partial charge in [0.1, 0.15) is 5.75 Å². The number of benzene rings is 2. The van der Waals surface area contributed by atoms with Crippen molar-refractivity contribution >= 4 is 27.3 Å². The van der Waals surface area contributed by atoms with Crippen molar-refractivity contribution < 1.29 is 31.1 Å². The molecule has 1 heterocycles. The van der Waals surface area contributed by atoms with E-state index in [4.69, 9.17) is 0 Å². The molecule has 0 unspecified atom stereocenters. The maximum atomic E-state index is 12.5. The molecule has 1 saturated heterocycles. The average molecular weight is 414 g/mol. The average Bonchev–Trinajstić information content (AvgIpc) is 2.99. The van der Waals surface area contributed by atoms with Gasteiger partial charge in [0, 0.05) is 24.3 Å². The Morgan fingerprint density at radius 1 is 1.11 bits per heavy atom. The van der Waals surface area contributed by atoms with Gasteiger partial charge >= 0.3 is 6.36 Å². The summed E-state index contributed by atoms with van der Waals surface area (Å²) in [5.74, 6) is -0.487. The number of sulfonamides is 1. The Kier molecular flexibility index (Phi) is 5.24. The van der Waals surface area contributed by atoms with E-state index in [1.165, 1.54) is 6.07 Å². The van der Waals surface area contributed by atoms with Crippen molar-refractivity contribution in [2.24, 2.45) is 0 Å². The van der Waals surface area contributed by atoms with Crippen LogP contribution in [0.25, 0.3) is 0 Å². The number of nitrogens with zero attached hydrogens (tertiary/aromatic N) is 1. The summed E-state index contributed by atoms with van der Waals surface area (Å²) in [5, 5.41) is 0. The maximum absolute atomic E-state index is 12.5. The highest BCUT2D eigenvalue weighted by atomic mass is 32.2. The molecule has 1 aliphatic heterocycles. The largest absolute Gasteiger partial charge is 0.573 e. The second kappa shape index (κ2) is 7.34. The lowest BCUT2D eigenvalue weighted by atomic mass is 10.1. The molecule has 3 rings (SSSR count). The SMILES string of the molecule is Cc1cc(NS(=O)(=O)c2ccc(OC(F)(F)F)cc2)ccc1N1CCCC1=O. The van der Waals surface area contributed by atoms with Gasteiger partial charge in [-0.1, -0.05) is 0 Å². The highest BCUT2D eigenvalue weighted by Gasteiger charge is 2.31. The van der Waals surface area contributed by atoms with E-state index in [0.29, 0.717) is 13.0 Å². The Hall–Kier alpha value is -2.75. The number of rotatable bonds is 5. The van der Waals surface area contributed by atoms with Gasteiger partial charge in [0.05, 0.1) is 4.90 Å². The normalized spacial score (nSPS) is 15.0. The summed E-state index contributed by atoms with van der Waals surface area (Å²) in [7, 11) is -4.00. The van der Waals surface area contributed by atoms with Crippen LogP contribution in [-0.2, 0) is 14.8 Å². The second-order valence-electron chi connectivity index (χ2n) is 6.27. The first kappa shape index (κ1) is 20.0. The van der Waals surface area contributed by atoms with Crippen LogP contribution >= 0.6 is 0 Å². The molecular weight excluding hydrogens is 397 g/mol. The molecule has 10 heteroatoms. The molecule has 150 valence electrons. The van der Waals surface area contributed by atoms with Gasteiger partial charge in [0.25, 0.3) is 10.0 Å². The molecule has 1 fully saturated rings. The Bertz CT molecular complexity index is 989. The standard InChI is InChI=1S/C18H17F3N2O4S/c1-12-11-13(4-9-16(12)23-10-2-3-17(23)24)22-28(25,26)15-7-5-14(6-8-15)27-18(19,20)21/h4-9,11,22H,2-3,10H2,1H3. The third-order valence-electron chi connectivity index (χ3n) is 4.18. The molecule has 2 aromatic carbocycles. The van der Waals surface area contributed by atoms with Crippen molar-refractivity contribution in [3.05, 3.63) is 48.0 Å². The summed E-state index contributed by atoms with van der Waals surface area (Å²) in [4.78, 5) is 13.3. The van der Waals surface area contributed by atoms with Crippen LogP contribution in [0.1, 0.15) is 18.4 Å². The van der Waals surface area contributed by atoms with Crippen molar-refractivity contribution in [1.82, 2.24) is 0 Å².